The van der Waals surface area contributed by atoms with Crippen LogP contribution in [-0.4, -0.2) is 4.57 Å². The number of rotatable bonds is 7. The number of hydrogen-bond donors (Lipinski definition) is 0. The molecule has 3 aromatic heterocycles. The van der Waals surface area contributed by atoms with Gasteiger partial charge in [-0.15, -0.1) is 0 Å². The maximum atomic E-state index is 6.75. The van der Waals surface area contributed by atoms with E-state index in [2.05, 4.69) is 228 Å². The van der Waals surface area contributed by atoms with Crippen LogP contribution in [0.4, 0.5) is 17.1 Å². The van der Waals surface area contributed by atoms with Gasteiger partial charge in [-0.3, -0.25) is 0 Å². The first-order chi connectivity index (χ1) is 31.7. The van der Waals surface area contributed by atoms with Gasteiger partial charge >= 0.3 is 0 Å². The maximum absolute atomic E-state index is 6.75. The Labute approximate surface area is 369 Å². The van der Waals surface area contributed by atoms with Crippen molar-refractivity contribution >= 4 is 82.7 Å². The number of benzene rings is 10. The van der Waals surface area contributed by atoms with Crippen molar-refractivity contribution in [2.24, 2.45) is 0 Å². The second-order valence-corrected chi connectivity index (χ2v) is 16.4. The number of furan rings is 2. The lowest BCUT2D eigenvalue weighted by molar-refractivity contribution is 0.669. The molecule has 0 unspecified atom stereocenters. The summed E-state index contributed by atoms with van der Waals surface area (Å²) in [5, 5.41) is 6.69. The summed E-state index contributed by atoms with van der Waals surface area (Å²) in [6, 6.07) is 82.0. The molecule has 3 heterocycles. The van der Waals surface area contributed by atoms with Gasteiger partial charge in [0.1, 0.15) is 22.3 Å². The lowest BCUT2D eigenvalue weighted by Crippen LogP contribution is -2.10. The summed E-state index contributed by atoms with van der Waals surface area (Å²) in [4.78, 5) is 2.34. The van der Waals surface area contributed by atoms with Crippen LogP contribution in [0.2, 0.25) is 0 Å². The van der Waals surface area contributed by atoms with Crippen LogP contribution in [0.3, 0.4) is 0 Å². The highest BCUT2D eigenvalue weighted by atomic mass is 16.3. The van der Waals surface area contributed by atoms with Gasteiger partial charge in [-0.05, 0) is 89.0 Å². The SMILES string of the molecule is c1ccc(-c2ccc(N(c3ccc(-c4ccccc4)cc3)c3ccc(-n4c5ccccc5c5c(-c6cccc7c6oc6ccccc67)c6c(cc54)oc4ccccc46)cc3)cc2)cc1. The molecule has 0 fully saturated rings. The lowest BCUT2D eigenvalue weighted by atomic mass is 9.93. The molecule has 0 radical (unpaired) electrons. The molecule has 64 heavy (non-hydrogen) atoms. The molecular formula is C60H38N2O2. The van der Waals surface area contributed by atoms with Gasteiger partial charge in [-0.2, -0.15) is 0 Å². The van der Waals surface area contributed by atoms with Gasteiger partial charge in [0.2, 0.25) is 0 Å². The van der Waals surface area contributed by atoms with Gasteiger partial charge in [0.25, 0.3) is 0 Å². The number of hydrogen-bond acceptors (Lipinski definition) is 3. The zero-order valence-corrected chi connectivity index (χ0v) is 34.7. The van der Waals surface area contributed by atoms with Crippen LogP contribution >= 0.6 is 0 Å². The normalized spacial score (nSPS) is 11.8. The summed E-state index contributed by atoms with van der Waals surface area (Å²) in [6.45, 7) is 0. The fourth-order valence-electron chi connectivity index (χ4n) is 9.89. The Hall–Kier alpha value is -8.60. The largest absolute Gasteiger partial charge is 0.456 e. The smallest absolute Gasteiger partial charge is 0.143 e. The number of nitrogens with zero attached hydrogens (tertiary/aromatic N) is 2. The topological polar surface area (TPSA) is 34.5 Å². The van der Waals surface area contributed by atoms with E-state index in [0.717, 1.165) is 99.6 Å². The standard InChI is InChI=1S/C60H38N2O2/c1-3-14-39(15-4-1)41-26-30-43(31-27-41)61(44-32-28-42(29-33-44)40-16-5-2-6-17-40)45-34-36-46(37-35-45)62-52-23-10-7-19-49(52)57-53(62)38-56-58(50-20-9-12-25-55(50)63-56)59(57)51-22-13-21-48-47-18-8-11-24-54(47)64-60(48)51/h1-38H. The van der Waals surface area contributed by atoms with Gasteiger partial charge < -0.3 is 18.3 Å². The summed E-state index contributed by atoms with van der Waals surface area (Å²) < 4.78 is 15.9. The molecule has 0 aliphatic carbocycles. The molecule has 4 heteroatoms. The van der Waals surface area contributed by atoms with Crippen molar-refractivity contribution in [3.8, 4) is 39.1 Å². The van der Waals surface area contributed by atoms with Gasteiger partial charge in [0.15, 0.2) is 0 Å². The molecule has 0 aliphatic rings. The summed E-state index contributed by atoms with van der Waals surface area (Å²) in [6.07, 6.45) is 0. The van der Waals surface area contributed by atoms with E-state index in [-0.39, 0.29) is 0 Å². The third kappa shape index (κ3) is 5.70. The monoisotopic (exact) mass is 818 g/mol. The highest BCUT2D eigenvalue weighted by Crippen LogP contribution is 2.49. The fourth-order valence-corrected chi connectivity index (χ4v) is 9.89. The average molecular weight is 819 g/mol. The Morgan fingerprint density at radius 2 is 0.828 bits per heavy atom. The molecule has 13 rings (SSSR count). The second-order valence-electron chi connectivity index (χ2n) is 16.4. The molecule has 0 amide bonds. The van der Waals surface area contributed by atoms with Crippen molar-refractivity contribution in [3.63, 3.8) is 0 Å². The molecule has 13 aromatic rings. The van der Waals surface area contributed by atoms with Crippen molar-refractivity contribution in [1.82, 2.24) is 4.57 Å². The molecule has 0 atom stereocenters. The summed E-state index contributed by atoms with van der Waals surface area (Å²) >= 11 is 0. The molecule has 10 aromatic carbocycles. The first-order valence-electron chi connectivity index (χ1n) is 21.7. The first-order valence-corrected chi connectivity index (χ1v) is 21.7. The predicted molar refractivity (Wildman–Crippen MR) is 266 cm³/mol. The van der Waals surface area contributed by atoms with Crippen molar-refractivity contribution in [3.05, 3.63) is 231 Å². The number of anilines is 3. The second kappa shape index (κ2) is 14.5. The quantitative estimate of drug-likeness (QED) is 0.161. The van der Waals surface area contributed by atoms with E-state index in [0.29, 0.717) is 0 Å². The van der Waals surface area contributed by atoms with Crippen LogP contribution in [0.25, 0.3) is 105 Å². The predicted octanol–water partition coefficient (Wildman–Crippen LogP) is 17.1. The highest BCUT2D eigenvalue weighted by molar-refractivity contribution is 6.29. The Balaban J connectivity index is 1.01. The van der Waals surface area contributed by atoms with Gasteiger partial charge in [-0.1, -0.05) is 158 Å². The van der Waals surface area contributed by atoms with E-state index in [4.69, 9.17) is 8.83 Å². The summed E-state index contributed by atoms with van der Waals surface area (Å²) in [5.74, 6) is 0. The van der Waals surface area contributed by atoms with E-state index < -0.39 is 0 Å². The van der Waals surface area contributed by atoms with Crippen LogP contribution in [0.1, 0.15) is 0 Å². The summed E-state index contributed by atoms with van der Waals surface area (Å²) in [5.41, 5.74) is 16.8. The first kappa shape index (κ1) is 36.1. The number of aromatic nitrogens is 1. The lowest BCUT2D eigenvalue weighted by Gasteiger charge is -2.26. The maximum Gasteiger partial charge on any atom is 0.143 e. The van der Waals surface area contributed by atoms with Gasteiger partial charge in [-0.25, -0.2) is 0 Å². The molecule has 0 bridgehead atoms. The third-order valence-electron chi connectivity index (χ3n) is 12.8. The van der Waals surface area contributed by atoms with Crippen LogP contribution in [-0.2, 0) is 0 Å². The van der Waals surface area contributed by atoms with Crippen molar-refractivity contribution < 1.29 is 8.83 Å². The molecule has 0 saturated heterocycles. The number of para-hydroxylation sites is 4. The molecule has 0 spiro atoms. The Bertz CT molecular complexity index is 3780. The Morgan fingerprint density at radius 1 is 0.328 bits per heavy atom. The minimum Gasteiger partial charge on any atom is -0.456 e. The molecule has 4 nitrogen and oxygen atoms in total. The van der Waals surface area contributed by atoms with E-state index in [9.17, 15) is 0 Å². The fraction of sp³-hybridized carbons (Fsp3) is 0. The Morgan fingerprint density at radius 3 is 1.47 bits per heavy atom. The Kier molecular flexibility index (Phi) is 8.18. The van der Waals surface area contributed by atoms with Crippen molar-refractivity contribution in [2.45, 2.75) is 0 Å². The molecular weight excluding hydrogens is 781 g/mol. The minimum atomic E-state index is 0.835. The molecule has 0 saturated carbocycles. The van der Waals surface area contributed by atoms with Gasteiger partial charge in [0, 0.05) is 72.3 Å². The van der Waals surface area contributed by atoms with Gasteiger partial charge in [0.05, 0.1) is 11.0 Å². The van der Waals surface area contributed by atoms with Crippen LogP contribution in [0, 0.1) is 0 Å². The van der Waals surface area contributed by atoms with Crippen LogP contribution in [0.5, 0.6) is 0 Å². The highest BCUT2D eigenvalue weighted by Gasteiger charge is 2.25. The molecule has 0 N–H and O–H groups in total. The van der Waals surface area contributed by atoms with E-state index in [1.807, 2.05) is 12.1 Å². The molecule has 0 aliphatic heterocycles. The van der Waals surface area contributed by atoms with Crippen LogP contribution in [0.15, 0.2) is 239 Å². The minimum absolute atomic E-state index is 0.835. The average Bonchev–Trinajstić information content (AvgIpc) is 4.04. The van der Waals surface area contributed by atoms with Crippen molar-refractivity contribution in [1.29, 1.82) is 0 Å². The zero-order valence-electron chi connectivity index (χ0n) is 34.7. The van der Waals surface area contributed by atoms with Crippen LogP contribution < -0.4 is 4.90 Å². The van der Waals surface area contributed by atoms with E-state index >= 15 is 0 Å². The van der Waals surface area contributed by atoms with E-state index in [1.165, 1.54) is 22.3 Å². The third-order valence-corrected chi connectivity index (χ3v) is 12.8. The summed E-state index contributed by atoms with van der Waals surface area (Å²) in [7, 11) is 0. The number of fused-ring (bicyclic) bond motifs is 9. The zero-order chi connectivity index (χ0) is 42.1. The molecule has 300 valence electrons. The van der Waals surface area contributed by atoms with E-state index in [1.54, 1.807) is 0 Å². The van der Waals surface area contributed by atoms with Crippen molar-refractivity contribution in [2.75, 3.05) is 4.90 Å².